The van der Waals surface area contributed by atoms with Gasteiger partial charge in [0.1, 0.15) is 4.47 Å². The smallest absolute Gasteiger partial charge is 0.283 e. The van der Waals surface area contributed by atoms with E-state index in [0.717, 1.165) is 19.6 Å². The Hall–Kier alpha value is -0.920. The molecule has 2 N–H and O–H groups in total. The fourth-order valence-corrected chi connectivity index (χ4v) is 2.90. The SMILES string of the molecule is CC(CN1CCCC1)Nc1cnn(CCO)c(=O)c1Br. The number of hydrogen-bond acceptors (Lipinski definition) is 5. The van der Waals surface area contributed by atoms with Gasteiger partial charge in [-0.1, -0.05) is 0 Å². The molecular formula is C13H21BrN4O2. The van der Waals surface area contributed by atoms with Crippen LogP contribution in [0.1, 0.15) is 19.8 Å². The second kappa shape index (κ2) is 7.19. The van der Waals surface area contributed by atoms with E-state index in [1.165, 1.54) is 17.5 Å². The molecule has 0 radical (unpaired) electrons. The van der Waals surface area contributed by atoms with Crippen LogP contribution in [-0.4, -0.2) is 52.1 Å². The van der Waals surface area contributed by atoms with E-state index in [1.54, 1.807) is 6.20 Å². The van der Waals surface area contributed by atoms with Crippen molar-refractivity contribution in [2.75, 3.05) is 31.6 Å². The van der Waals surface area contributed by atoms with E-state index >= 15 is 0 Å². The molecule has 1 fully saturated rings. The van der Waals surface area contributed by atoms with Crippen LogP contribution in [0.4, 0.5) is 5.69 Å². The maximum Gasteiger partial charge on any atom is 0.283 e. The van der Waals surface area contributed by atoms with Gasteiger partial charge in [0.25, 0.3) is 5.56 Å². The highest BCUT2D eigenvalue weighted by Gasteiger charge is 2.16. The number of likely N-dealkylation sites (tertiary alicyclic amines) is 1. The number of halogens is 1. The van der Waals surface area contributed by atoms with Gasteiger partial charge in [-0.2, -0.15) is 5.10 Å². The zero-order valence-corrected chi connectivity index (χ0v) is 13.3. The molecule has 1 aliphatic heterocycles. The Balaban J connectivity index is 2.01. The van der Waals surface area contributed by atoms with Gasteiger partial charge in [0.05, 0.1) is 25.0 Å². The van der Waals surface area contributed by atoms with E-state index in [1.807, 2.05) is 0 Å². The maximum atomic E-state index is 12.0. The quantitative estimate of drug-likeness (QED) is 0.802. The van der Waals surface area contributed by atoms with Crippen molar-refractivity contribution in [3.8, 4) is 0 Å². The van der Waals surface area contributed by atoms with Crippen LogP contribution < -0.4 is 10.9 Å². The first-order valence-corrected chi connectivity index (χ1v) is 7.76. The number of aliphatic hydroxyl groups is 1. The fourth-order valence-electron chi connectivity index (χ4n) is 2.48. The number of anilines is 1. The van der Waals surface area contributed by atoms with E-state index in [4.69, 9.17) is 5.11 Å². The molecule has 20 heavy (non-hydrogen) atoms. The Bertz CT molecular complexity index is 500. The lowest BCUT2D eigenvalue weighted by atomic mass is 10.3. The van der Waals surface area contributed by atoms with Crippen molar-refractivity contribution in [2.45, 2.75) is 32.4 Å². The zero-order valence-electron chi connectivity index (χ0n) is 11.7. The van der Waals surface area contributed by atoms with Crippen molar-refractivity contribution >= 4 is 21.6 Å². The molecule has 1 unspecified atom stereocenters. The normalized spacial score (nSPS) is 17.4. The van der Waals surface area contributed by atoms with Crippen molar-refractivity contribution in [3.63, 3.8) is 0 Å². The monoisotopic (exact) mass is 344 g/mol. The van der Waals surface area contributed by atoms with E-state index in [9.17, 15) is 4.79 Å². The Morgan fingerprint density at radius 2 is 2.20 bits per heavy atom. The summed E-state index contributed by atoms with van der Waals surface area (Å²) in [5.74, 6) is 0. The van der Waals surface area contributed by atoms with E-state index in [0.29, 0.717) is 10.2 Å². The summed E-state index contributed by atoms with van der Waals surface area (Å²) in [6, 6.07) is 0.249. The molecule has 0 aliphatic carbocycles. The van der Waals surface area contributed by atoms with Crippen LogP contribution in [-0.2, 0) is 6.54 Å². The molecule has 1 aromatic heterocycles. The summed E-state index contributed by atoms with van der Waals surface area (Å²) < 4.78 is 1.72. The predicted octanol–water partition coefficient (Wildman–Crippen LogP) is 0.894. The molecule has 1 saturated heterocycles. The molecule has 0 spiro atoms. The first-order valence-electron chi connectivity index (χ1n) is 6.97. The number of aromatic nitrogens is 2. The van der Waals surface area contributed by atoms with Crippen LogP contribution in [0.5, 0.6) is 0 Å². The maximum absolute atomic E-state index is 12.0. The van der Waals surface area contributed by atoms with Crippen LogP contribution in [0.15, 0.2) is 15.5 Å². The van der Waals surface area contributed by atoms with E-state index in [2.05, 4.69) is 38.2 Å². The summed E-state index contributed by atoms with van der Waals surface area (Å²) in [5, 5.41) is 16.2. The number of nitrogens with zero attached hydrogens (tertiary/aromatic N) is 3. The van der Waals surface area contributed by atoms with Gasteiger partial charge in [-0.05, 0) is 48.8 Å². The minimum absolute atomic E-state index is 0.0997. The molecule has 2 rings (SSSR count). The molecule has 0 aromatic carbocycles. The summed E-state index contributed by atoms with van der Waals surface area (Å²) >= 11 is 3.31. The van der Waals surface area contributed by atoms with Crippen LogP contribution in [0, 0.1) is 0 Å². The summed E-state index contributed by atoms with van der Waals surface area (Å²) in [5.41, 5.74) is 0.480. The third-order valence-corrected chi connectivity index (χ3v) is 4.20. The largest absolute Gasteiger partial charge is 0.394 e. The zero-order chi connectivity index (χ0) is 14.5. The lowest BCUT2D eigenvalue weighted by Crippen LogP contribution is -2.34. The average molecular weight is 345 g/mol. The van der Waals surface area contributed by atoms with Crippen LogP contribution in [0.25, 0.3) is 0 Å². The molecule has 0 saturated carbocycles. The van der Waals surface area contributed by atoms with Crippen LogP contribution >= 0.6 is 15.9 Å². The Morgan fingerprint density at radius 3 is 2.85 bits per heavy atom. The lowest BCUT2D eigenvalue weighted by molar-refractivity contribution is 0.266. The molecule has 0 bridgehead atoms. The van der Waals surface area contributed by atoms with Gasteiger partial charge >= 0.3 is 0 Å². The highest BCUT2D eigenvalue weighted by Crippen LogP contribution is 2.18. The predicted molar refractivity (Wildman–Crippen MR) is 82.0 cm³/mol. The van der Waals surface area contributed by atoms with Gasteiger partial charge in [0, 0.05) is 12.6 Å². The second-order valence-corrected chi connectivity index (χ2v) is 5.97. The highest BCUT2D eigenvalue weighted by molar-refractivity contribution is 9.10. The number of nitrogens with one attached hydrogen (secondary N) is 1. The number of rotatable bonds is 6. The van der Waals surface area contributed by atoms with Gasteiger partial charge in [0.2, 0.25) is 0 Å². The number of hydrogen-bond donors (Lipinski definition) is 2. The summed E-state index contributed by atoms with van der Waals surface area (Å²) in [7, 11) is 0. The van der Waals surface area contributed by atoms with E-state index < -0.39 is 0 Å². The molecule has 1 aromatic rings. The van der Waals surface area contributed by atoms with Crippen LogP contribution in [0.2, 0.25) is 0 Å². The lowest BCUT2D eigenvalue weighted by Gasteiger charge is -2.22. The second-order valence-electron chi connectivity index (χ2n) is 5.18. The summed E-state index contributed by atoms with van der Waals surface area (Å²) in [6.45, 7) is 5.49. The first kappa shape index (κ1) is 15.5. The average Bonchev–Trinajstić information content (AvgIpc) is 2.91. The van der Waals surface area contributed by atoms with Crippen molar-refractivity contribution in [3.05, 3.63) is 21.0 Å². The minimum Gasteiger partial charge on any atom is -0.394 e. The molecular weight excluding hydrogens is 324 g/mol. The Kier molecular flexibility index (Phi) is 5.56. The third kappa shape index (κ3) is 3.80. The summed E-state index contributed by atoms with van der Waals surface area (Å²) in [4.78, 5) is 14.4. The van der Waals surface area contributed by atoms with Crippen molar-refractivity contribution in [1.29, 1.82) is 0 Å². The van der Waals surface area contributed by atoms with Crippen molar-refractivity contribution in [2.24, 2.45) is 0 Å². The van der Waals surface area contributed by atoms with Gasteiger partial charge in [-0.25, -0.2) is 4.68 Å². The topological polar surface area (TPSA) is 70.4 Å². The molecule has 6 nitrogen and oxygen atoms in total. The first-order chi connectivity index (χ1) is 9.61. The molecule has 112 valence electrons. The Labute approximate surface area is 126 Å². The minimum atomic E-state index is -0.225. The van der Waals surface area contributed by atoms with Gasteiger partial charge in [-0.15, -0.1) is 0 Å². The van der Waals surface area contributed by atoms with Crippen molar-refractivity contribution < 1.29 is 5.11 Å². The molecule has 2 heterocycles. The molecule has 7 heteroatoms. The fraction of sp³-hybridized carbons (Fsp3) is 0.692. The van der Waals surface area contributed by atoms with Gasteiger partial charge in [-0.3, -0.25) is 4.79 Å². The van der Waals surface area contributed by atoms with Crippen LogP contribution in [0.3, 0.4) is 0 Å². The van der Waals surface area contributed by atoms with E-state index in [-0.39, 0.29) is 24.8 Å². The van der Waals surface area contributed by atoms with Gasteiger partial charge < -0.3 is 15.3 Å². The standard InChI is InChI=1S/C13H21BrN4O2/c1-10(9-17-4-2-3-5-17)16-11-8-15-18(6-7-19)13(20)12(11)14/h8,10,16,19H,2-7,9H2,1H3. The molecule has 0 amide bonds. The molecule has 1 aliphatic rings. The molecule has 1 atom stereocenters. The Morgan fingerprint density at radius 1 is 1.50 bits per heavy atom. The third-order valence-electron chi connectivity index (χ3n) is 3.43. The number of aliphatic hydroxyl groups excluding tert-OH is 1. The van der Waals surface area contributed by atoms with Gasteiger partial charge in [0.15, 0.2) is 0 Å². The summed E-state index contributed by atoms with van der Waals surface area (Å²) in [6.07, 6.45) is 4.17. The highest BCUT2D eigenvalue weighted by atomic mass is 79.9. The van der Waals surface area contributed by atoms with Crippen molar-refractivity contribution in [1.82, 2.24) is 14.7 Å².